The van der Waals surface area contributed by atoms with Crippen molar-refractivity contribution in [3.63, 3.8) is 0 Å². The van der Waals surface area contributed by atoms with Gasteiger partial charge in [0.1, 0.15) is 0 Å². The van der Waals surface area contributed by atoms with Crippen LogP contribution in [0.5, 0.6) is 0 Å². The van der Waals surface area contributed by atoms with Crippen LogP contribution in [0.25, 0.3) is 0 Å². The topological polar surface area (TPSA) is 24.9 Å². The third-order valence-electron chi connectivity index (χ3n) is 2.55. The van der Waals surface area contributed by atoms with Crippen LogP contribution in [0.2, 0.25) is 0 Å². The molecule has 2 nitrogen and oxygen atoms in total. The number of hydrogen-bond donors (Lipinski definition) is 1. The van der Waals surface area contributed by atoms with E-state index in [-0.39, 0.29) is 0 Å². The molecule has 1 rings (SSSR count). The van der Waals surface area contributed by atoms with Crippen LogP contribution in [0.1, 0.15) is 57.7 Å². The fraction of sp³-hybridized carbons (Fsp3) is 0.750. The molecule has 0 fully saturated rings. The van der Waals surface area contributed by atoms with E-state index in [9.17, 15) is 0 Å². The molecule has 0 aliphatic rings. The number of hydrogen-bond acceptors (Lipinski definition) is 3. The molecule has 1 atom stereocenters. The summed E-state index contributed by atoms with van der Waals surface area (Å²) in [5, 5.41) is 5.74. The van der Waals surface area contributed by atoms with Gasteiger partial charge in [-0.05, 0) is 19.4 Å². The Balaban J connectivity index is 2.39. The van der Waals surface area contributed by atoms with Crippen molar-refractivity contribution in [2.75, 3.05) is 6.54 Å². The smallest absolute Gasteiger partial charge is 0.0795 e. The van der Waals surface area contributed by atoms with Gasteiger partial charge in [-0.1, -0.05) is 33.1 Å². The number of nitrogens with zero attached hydrogens (tertiary/aromatic N) is 1. The van der Waals surface area contributed by atoms with Gasteiger partial charge < -0.3 is 5.32 Å². The summed E-state index contributed by atoms with van der Waals surface area (Å²) in [6.07, 6.45) is 6.33. The lowest BCUT2D eigenvalue weighted by atomic mass is 10.1. The van der Waals surface area contributed by atoms with Crippen LogP contribution in [0.3, 0.4) is 0 Å². The second-order valence-electron chi connectivity index (χ2n) is 3.92. The molecule has 1 heterocycles. The zero-order chi connectivity index (χ0) is 10.9. The van der Waals surface area contributed by atoms with Gasteiger partial charge in [0, 0.05) is 5.38 Å². The van der Waals surface area contributed by atoms with Crippen LogP contribution in [0.15, 0.2) is 10.9 Å². The molecule has 0 aromatic carbocycles. The van der Waals surface area contributed by atoms with Gasteiger partial charge in [0.25, 0.3) is 0 Å². The first-order valence-electron chi connectivity index (χ1n) is 6.00. The summed E-state index contributed by atoms with van der Waals surface area (Å²) in [5.74, 6) is 0. The fourth-order valence-electron chi connectivity index (χ4n) is 1.67. The number of aromatic nitrogens is 1. The van der Waals surface area contributed by atoms with Crippen molar-refractivity contribution in [2.24, 2.45) is 0 Å². The molecular formula is C12H22N2S. The highest BCUT2D eigenvalue weighted by Gasteiger charge is 2.11. The molecule has 0 saturated carbocycles. The average Bonchev–Trinajstić information content (AvgIpc) is 2.76. The Hall–Kier alpha value is -0.410. The van der Waals surface area contributed by atoms with Gasteiger partial charge in [-0.25, -0.2) is 4.98 Å². The molecule has 0 bridgehead atoms. The molecule has 3 heteroatoms. The first-order chi connectivity index (χ1) is 7.38. The minimum absolute atomic E-state index is 0.475. The summed E-state index contributed by atoms with van der Waals surface area (Å²) < 4.78 is 0. The Kier molecular flexibility index (Phi) is 6.60. The average molecular weight is 226 g/mol. The molecule has 0 radical (unpaired) electrons. The highest BCUT2D eigenvalue weighted by molar-refractivity contribution is 7.07. The molecular weight excluding hydrogens is 204 g/mol. The Bertz CT molecular complexity index is 234. The molecule has 0 aliphatic carbocycles. The fourth-order valence-corrected chi connectivity index (χ4v) is 2.27. The Morgan fingerprint density at radius 3 is 2.80 bits per heavy atom. The molecule has 15 heavy (non-hydrogen) atoms. The maximum atomic E-state index is 4.40. The van der Waals surface area contributed by atoms with Gasteiger partial charge in [-0.15, -0.1) is 11.3 Å². The first-order valence-corrected chi connectivity index (χ1v) is 6.94. The molecule has 0 saturated heterocycles. The maximum absolute atomic E-state index is 4.40. The molecule has 0 aliphatic heterocycles. The van der Waals surface area contributed by atoms with Gasteiger partial charge in [-0.3, -0.25) is 0 Å². The van der Waals surface area contributed by atoms with E-state index < -0.39 is 0 Å². The SMILES string of the molecule is CCCCCC(NCCC)c1cscn1. The van der Waals surface area contributed by atoms with Crippen molar-refractivity contribution in [1.29, 1.82) is 0 Å². The summed E-state index contributed by atoms with van der Waals surface area (Å²) in [7, 11) is 0. The van der Waals surface area contributed by atoms with Crippen LogP contribution >= 0.6 is 11.3 Å². The molecule has 0 spiro atoms. The molecule has 1 unspecified atom stereocenters. The lowest BCUT2D eigenvalue weighted by molar-refractivity contribution is 0.467. The third kappa shape index (κ3) is 4.76. The number of thiazole rings is 1. The van der Waals surface area contributed by atoms with Crippen molar-refractivity contribution in [1.82, 2.24) is 10.3 Å². The van der Waals surface area contributed by atoms with Crippen LogP contribution < -0.4 is 5.32 Å². The summed E-state index contributed by atoms with van der Waals surface area (Å²) in [4.78, 5) is 4.40. The largest absolute Gasteiger partial charge is 0.309 e. The van der Waals surface area contributed by atoms with Gasteiger partial charge in [0.15, 0.2) is 0 Å². The lowest BCUT2D eigenvalue weighted by Crippen LogP contribution is -2.22. The summed E-state index contributed by atoms with van der Waals surface area (Å²) in [6.45, 7) is 5.54. The van der Waals surface area contributed by atoms with Crippen molar-refractivity contribution in [2.45, 2.75) is 52.0 Å². The van der Waals surface area contributed by atoms with Gasteiger partial charge in [-0.2, -0.15) is 0 Å². The van der Waals surface area contributed by atoms with Gasteiger partial charge in [0.2, 0.25) is 0 Å². The Morgan fingerprint density at radius 1 is 1.33 bits per heavy atom. The van der Waals surface area contributed by atoms with E-state index in [0.717, 1.165) is 6.54 Å². The van der Waals surface area contributed by atoms with Gasteiger partial charge >= 0.3 is 0 Å². The monoisotopic (exact) mass is 226 g/mol. The van der Waals surface area contributed by atoms with Crippen LogP contribution in [-0.4, -0.2) is 11.5 Å². The Morgan fingerprint density at radius 2 is 2.20 bits per heavy atom. The van der Waals surface area contributed by atoms with Crippen molar-refractivity contribution in [3.05, 3.63) is 16.6 Å². The zero-order valence-electron chi connectivity index (χ0n) is 9.83. The van der Waals surface area contributed by atoms with Crippen molar-refractivity contribution >= 4 is 11.3 Å². The van der Waals surface area contributed by atoms with Crippen LogP contribution in [-0.2, 0) is 0 Å². The normalized spacial score (nSPS) is 12.9. The highest BCUT2D eigenvalue weighted by Crippen LogP contribution is 2.19. The third-order valence-corrected chi connectivity index (χ3v) is 3.15. The molecule has 1 aromatic rings. The van der Waals surface area contributed by atoms with Gasteiger partial charge in [0.05, 0.1) is 17.2 Å². The highest BCUT2D eigenvalue weighted by atomic mass is 32.1. The lowest BCUT2D eigenvalue weighted by Gasteiger charge is -2.16. The summed E-state index contributed by atoms with van der Waals surface area (Å²) in [6, 6.07) is 0.475. The second-order valence-corrected chi connectivity index (χ2v) is 4.63. The van der Waals surface area contributed by atoms with E-state index >= 15 is 0 Å². The number of rotatable bonds is 8. The minimum Gasteiger partial charge on any atom is -0.309 e. The predicted octanol–water partition coefficient (Wildman–Crippen LogP) is 3.76. The maximum Gasteiger partial charge on any atom is 0.0795 e. The molecule has 86 valence electrons. The van der Waals surface area contributed by atoms with E-state index in [1.807, 2.05) is 5.51 Å². The summed E-state index contributed by atoms with van der Waals surface area (Å²) >= 11 is 1.69. The van der Waals surface area contributed by atoms with E-state index in [2.05, 4.69) is 29.5 Å². The van der Waals surface area contributed by atoms with Crippen LogP contribution in [0.4, 0.5) is 0 Å². The van der Waals surface area contributed by atoms with E-state index in [0.29, 0.717) is 6.04 Å². The van der Waals surface area contributed by atoms with Crippen molar-refractivity contribution in [3.8, 4) is 0 Å². The number of unbranched alkanes of at least 4 members (excludes halogenated alkanes) is 2. The molecule has 1 aromatic heterocycles. The quantitative estimate of drug-likeness (QED) is 0.683. The molecule has 1 N–H and O–H groups in total. The summed E-state index contributed by atoms with van der Waals surface area (Å²) in [5.41, 5.74) is 3.15. The molecule has 0 amide bonds. The minimum atomic E-state index is 0.475. The van der Waals surface area contributed by atoms with Crippen LogP contribution in [0, 0.1) is 0 Å². The first kappa shape index (κ1) is 12.7. The van der Waals surface area contributed by atoms with E-state index in [1.54, 1.807) is 11.3 Å². The van der Waals surface area contributed by atoms with E-state index in [1.165, 1.54) is 37.8 Å². The van der Waals surface area contributed by atoms with E-state index in [4.69, 9.17) is 0 Å². The zero-order valence-corrected chi connectivity index (χ0v) is 10.6. The van der Waals surface area contributed by atoms with Crippen molar-refractivity contribution < 1.29 is 0 Å². The second kappa shape index (κ2) is 7.83. The Labute approximate surface area is 97.1 Å². The number of nitrogens with one attached hydrogen (secondary N) is 1. The predicted molar refractivity (Wildman–Crippen MR) is 67.3 cm³/mol. The standard InChI is InChI=1S/C12H22N2S/c1-3-5-6-7-11(13-8-4-2)12-9-15-10-14-12/h9-11,13H,3-8H2,1-2H3.